The Morgan fingerprint density at radius 1 is 1.27 bits per heavy atom. The summed E-state index contributed by atoms with van der Waals surface area (Å²) in [5, 5.41) is 6.76. The molecule has 1 aromatic carbocycles. The van der Waals surface area contributed by atoms with Crippen LogP contribution in [0.3, 0.4) is 0 Å². The van der Waals surface area contributed by atoms with Crippen molar-refractivity contribution in [2.45, 2.75) is 18.9 Å². The highest BCUT2D eigenvalue weighted by Gasteiger charge is 2.22. The average Bonchev–Trinajstić information content (AvgIpc) is 2.95. The molecule has 3 N–H and O–H groups in total. The Hall–Kier alpha value is -2.21. The number of para-hydroxylation sites is 1. The largest absolute Gasteiger partial charge is 0.493 e. The van der Waals surface area contributed by atoms with E-state index in [1.54, 1.807) is 13.3 Å². The van der Waals surface area contributed by atoms with Crippen LogP contribution in [0.4, 0.5) is 5.82 Å². The zero-order valence-corrected chi connectivity index (χ0v) is 13.0. The Kier molecular flexibility index (Phi) is 4.20. The smallest absolute Gasteiger partial charge is 0.169 e. The number of benzene rings is 1. The van der Waals surface area contributed by atoms with Crippen molar-refractivity contribution >= 4 is 5.82 Å². The van der Waals surface area contributed by atoms with Gasteiger partial charge in [0.1, 0.15) is 11.9 Å². The van der Waals surface area contributed by atoms with Crippen LogP contribution in [0.5, 0.6) is 11.5 Å². The topological polar surface area (TPSA) is 76.4 Å². The molecule has 1 fully saturated rings. The standard InChI is InChI=1S/C16H22N4O2/c1-20-8-6-11(7-9-20)22-15-12(4-3-5-14(15)21-2)13-10-18-19-16(13)17/h3-5,10-11H,6-9H2,1-2H3,(H3,17,18,19). The van der Waals surface area contributed by atoms with Gasteiger partial charge in [0.2, 0.25) is 0 Å². The molecule has 2 aromatic rings. The lowest BCUT2D eigenvalue weighted by Crippen LogP contribution is -2.35. The maximum absolute atomic E-state index is 6.29. The summed E-state index contributed by atoms with van der Waals surface area (Å²) < 4.78 is 11.8. The molecule has 6 heteroatoms. The molecule has 0 amide bonds. The van der Waals surface area contributed by atoms with E-state index in [1.807, 2.05) is 18.2 Å². The first-order valence-corrected chi connectivity index (χ1v) is 7.50. The number of rotatable bonds is 4. The Morgan fingerprint density at radius 2 is 2.05 bits per heavy atom. The molecule has 0 atom stereocenters. The Labute approximate surface area is 130 Å². The maximum atomic E-state index is 6.29. The van der Waals surface area contributed by atoms with Gasteiger partial charge in [0, 0.05) is 24.2 Å². The van der Waals surface area contributed by atoms with Gasteiger partial charge in [-0.15, -0.1) is 0 Å². The van der Waals surface area contributed by atoms with Crippen molar-refractivity contribution in [2.75, 3.05) is 33.0 Å². The van der Waals surface area contributed by atoms with Gasteiger partial charge in [0.15, 0.2) is 11.5 Å². The normalized spacial score (nSPS) is 16.6. The fourth-order valence-corrected chi connectivity index (χ4v) is 2.79. The predicted octanol–water partition coefficient (Wildman–Crippen LogP) is 2.14. The van der Waals surface area contributed by atoms with E-state index in [2.05, 4.69) is 22.1 Å². The number of nitrogens with zero attached hydrogens (tertiary/aromatic N) is 2. The molecule has 0 saturated carbocycles. The van der Waals surface area contributed by atoms with E-state index in [0.29, 0.717) is 5.82 Å². The number of ether oxygens (including phenoxy) is 2. The molecule has 0 bridgehead atoms. The second-order valence-electron chi connectivity index (χ2n) is 5.65. The lowest BCUT2D eigenvalue weighted by Gasteiger charge is -2.30. The number of hydrogen-bond donors (Lipinski definition) is 2. The van der Waals surface area contributed by atoms with E-state index >= 15 is 0 Å². The average molecular weight is 302 g/mol. The summed E-state index contributed by atoms with van der Waals surface area (Å²) in [6, 6.07) is 5.82. The maximum Gasteiger partial charge on any atom is 0.169 e. The number of piperidine rings is 1. The van der Waals surface area contributed by atoms with Crippen molar-refractivity contribution in [3.05, 3.63) is 24.4 Å². The molecule has 118 valence electrons. The van der Waals surface area contributed by atoms with Gasteiger partial charge < -0.3 is 20.1 Å². The minimum atomic E-state index is 0.194. The van der Waals surface area contributed by atoms with Gasteiger partial charge in [-0.25, -0.2) is 0 Å². The molecular formula is C16H22N4O2. The molecule has 1 saturated heterocycles. The van der Waals surface area contributed by atoms with Crippen LogP contribution in [0.25, 0.3) is 11.1 Å². The fourth-order valence-electron chi connectivity index (χ4n) is 2.79. The second kappa shape index (κ2) is 6.27. The highest BCUT2D eigenvalue weighted by molar-refractivity contribution is 5.80. The van der Waals surface area contributed by atoms with E-state index in [9.17, 15) is 0 Å². The number of nitrogens with one attached hydrogen (secondary N) is 1. The number of H-pyrrole nitrogens is 1. The molecular weight excluding hydrogens is 280 g/mol. The van der Waals surface area contributed by atoms with Gasteiger partial charge in [-0.3, -0.25) is 5.10 Å². The summed E-state index contributed by atoms with van der Waals surface area (Å²) in [7, 11) is 3.79. The van der Waals surface area contributed by atoms with Crippen molar-refractivity contribution in [1.82, 2.24) is 15.1 Å². The summed E-state index contributed by atoms with van der Waals surface area (Å²) in [4.78, 5) is 2.32. The van der Waals surface area contributed by atoms with Crippen molar-refractivity contribution in [3.63, 3.8) is 0 Å². The Morgan fingerprint density at radius 3 is 2.68 bits per heavy atom. The summed E-state index contributed by atoms with van der Waals surface area (Å²) in [5.41, 5.74) is 7.71. The highest BCUT2D eigenvalue weighted by atomic mass is 16.5. The third kappa shape index (κ3) is 2.87. The van der Waals surface area contributed by atoms with Crippen LogP contribution in [0, 0.1) is 0 Å². The first kappa shape index (κ1) is 14.7. The van der Waals surface area contributed by atoms with Gasteiger partial charge in [-0.2, -0.15) is 5.10 Å². The molecule has 0 radical (unpaired) electrons. The fraction of sp³-hybridized carbons (Fsp3) is 0.438. The molecule has 2 heterocycles. The van der Waals surface area contributed by atoms with E-state index in [1.165, 1.54) is 0 Å². The van der Waals surface area contributed by atoms with Crippen LogP contribution >= 0.6 is 0 Å². The van der Waals surface area contributed by atoms with Crippen LogP contribution in [0.2, 0.25) is 0 Å². The van der Waals surface area contributed by atoms with Crippen molar-refractivity contribution in [2.24, 2.45) is 0 Å². The molecule has 1 aromatic heterocycles. The third-order valence-corrected chi connectivity index (χ3v) is 4.11. The number of nitrogens with two attached hydrogens (primary N) is 1. The minimum Gasteiger partial charge on any atom is -0.493 e. The highest BCUT2D eigenvalue weighted by Crippen LogP contribution is 2.40. The minimum absolute atomic E-state index is 0.194. The molecule has 0 spiro atoms. The van der Waals surface area contributed by atoms with Crippen LogP contribution in [0.15, 0.2) is 24.4 Å². The zero-order chi connectivity index (χ0) is 15.5. The molecule has 0 unspecified atom stereocenters. The summed E-state index contributed by atoms with van der Waals surface area (Å²) in [6.07, 6.45) is 3.93. The summed E-state index contributed by atoms with van der Waals surface area (Å²) >= 11 is 0. The first-order valence-electron chi connectivity index (χ1n) is 7.50. The third-order valence-electron chi connectivity index (χ3n) is 4.11. The van der Waals surface area contributed by atoms with Gasteiger partial charge in [-0.05, 0) is 26.0 Å². The quantitative estimate of drug-likeness (QED) is 0.905. The van der Waals surface area contributed by atoms with Crippen LogP contribution in [-0.2, 0) is 0 Å². The lowest BCUT2D eigenvalue weighted by atomic mass is 10.1. The number of aromatic nitrogens is 2. The molecule has 6 nitrogen and oxygen atoms in total. The van der Waals surface area contributed by atoms with Crippen molar-refractivity contribution in [1.29, 1.82) is 0 Å². The number of aromatic amines is 1. The van der Waals surface area contributed by atoms with E-state index in [0.717, 1.165) is 48.6 Å². The molecule has 0 aliphatic carbocycles. The van der Waals surface area contributed by atoms with Crippen LogP contribution in [0.1, 0.15) is 12.8 Å². The molecule has 1 aliphatic rings. The van der Waals surface area contributed by atoms with Crippen molar-refractivity contribution in [3.8, 4) is 22.6 Å². The van der Waals surface area contributed by atoms with E-state index < -0.39 is 0 Å². The number of nitrogen functional groups attached to an aromatic ring is 1. The molecule has 3 rings (SSSR count). The lowest BCUT2D eigenvalue weighted by molar-refractivity contribution is 0.111. The monoisotopic (exact) mass is 302 g/mol. The summed E-state index contributed by atoms with van der Waals surface area (Å²) in [6.45, 7) is 2.09. The Bertz CT molecular complexity index is 633. The van der Waals surface area contributed by atoms with Crippen LogP contribution < -0.4 is 15.2 Å². The van der Waals surface area contributed by atoms with E-state index in [4.69, 9.17) is 15.2 Å². The van der Waals surface area contributed by atoms with E-state index in [-0.39, 0.29) is 6.10 Å². The number of hydrogen-bond acceptors (Lipinski definition) is 5. The zero-order valence-electron chi connectivity index (χ0n) is 13.0. The van der Waals surface area contributed by atoms with Gasteiger partial charge in [-0.1, -0.05) is 12.1 Å². The Balaban J connectivity index is 1.93. The number of likely N-dealkylation sites (tertiary alicyclic amines) is 1. The SMILES string of the molecule is COc1cccc(-c2cn[nH]c2N)c1OC1CCN(C)CC1. The first-order chi connectivity index (χ1) is 10.7. The second-order valence-corrected chi connectivity index (χ2v) is 5.65. The summed E-state index contributed by atoms with van der Waals surface area (Å²) in [5.74, 6) is 1.99. The van der Waals surface area contributed by atoms with Crippen molar-refractivity contribution < 1.29 is 9.47 Å². The van der Waals surface area contributed by atoms with Gasteiger partial charge in [0.05, 0.1) is 13.3 Å². The predicted molar refractivity (Wildman–Crippen MR) is 86.1 cm³/mol. The van der Waals surface area contributed by atoms with Crippen LogP contribution in [-0.4, -0.2) is 48.4 Å². The number of anilines is 1. The molecule has 1 aliphatic heterocycles. The van der Waals surface area contributed by atoms with Gasteiger partial charge >= 0.3 is 0 Å². The molecule has 22 heavy (non-hydrogen) atoms. The number of methoxy groups -OCH3 is 1. The van der Waals surface area contributed by atoms with Gasteiger partial charge in [0.25, 0.3) is 0 Å².